The fourth-order valence-electron chi connectivity index (χ4n) is 3.74. The fraction of sp³-hybridized carbons (Fsp3) is 0.400. The van der Waals surface area contributed by atoms with Crippen molar-refractivity contribution in [1.29, 1.82) is 0 Å². The van der Waals surface area contributed by atoms with Crippen LogP contribution in [0.25, 0.3) is 21.9 Å². The molecule has 1 N–H and O–H groups in total. The van der Waals surface area contributed by atoms with Crippen LogP contribution in [0.2, 0.25) is 0 Å². The highest BCUT2D eigenvalue weighted by Gasteiger charge is 2.26. The molecule has 1 fully saturated rings. The molecule has 0 aliphatic carbocycles. The molecule has 0 bridgehead atoms. The zero-order chi connectivity index (χ0) is 19.7. The standard InChI is InChI=1S/C20H25N5O2S/c1-3-28(26,27)25-8-5-18(6-9-25)23-20-11-16(17-12-22-24(2)14-17)10-15-4-7-21-13-19(15)20/h4,7,10-14,18,23H,3,5-6,8-9H2,1-2H3. The monoisotopic (exact) mass is 399 g/mol. The average Bonchev–Trinajstić information content (AvgIpc) is 3.15. The smallest absolute Gasteiger partial charge is 0.213 e. The number of rotatable bonds is 5. The maximum absolute atomic E-state index is 12.1. The Morgan fingerprint density at radius 2 is 1.96 bits per heavy atom. The molecule has 8 heteroatoms. The zero-order valence-corrected chi connectivity index (χ0v) is 17.0. The van der Waals surface area contributed by atoms with Gasteiger partial charge in [0.25, 0.3) is 0 Å². The lowest BCUT2D eigenvalue weighted by Crippen LogP contribution is -2.42. The van der Waals surface area contributed by atoms with E-state index in [0.29, 0.717) is 13.1 Å². The molecule has 4 rings (SSSR count). The van der Waals surface area contributed by atoms with Gasteiger partial charge in [-0.3, -0.25) is 9.67 Å². The van der Waals surface area contributed by atoms with E-state index in [2.05, 4.69) is 27.5 Å². The fourth-order valence-corrected chi connectivity index (χ4v) is 4.87. The molecule has 0 saturated carbocycles. The van der Waals surface area contributed by atoms with Gasteiger partial charge in [-0.15, -0.1) is 0 Å². The summed E-state index contributed by atoms with van der Waals surface area (Å²) in [5.74, 6) is 0.161. The molecule has 0 atom stereocenters. The maximum atomic E-state index is 12.1. The lowest BCUT2D eigenvalue weighted by Gasteiger charge is -2.32. The number of nitrogens with zero attached hydrogens (tertiary/aromatic N) is 4. The number of anilines is 1. The van der Waals surface area contributed by atoms with E-state index in [4.69, 9.17) is 0 Å². The normalized spacial score (nSPS) is 16.5. The van der Waals surface area contributed by atoms with Crippen molar-refractivity contribution in [2.75, 3.05) is 24.2 Å². The second-order valence-corrected chi connectivity index (χ2v) is 9.50. The summed E-state index contributed by atoms with van der Waals surface area (Å²) in [7, 11) is -1.20. The average molecular weight is 400 g/mol. The molecule has 1 aromatic carbocycles. The van der Waals surface area contributed by atoms with Crippen LogP contribution in [0.5, 0.6) is 0 Å². The summed E-state index contributed by atoms with van der Waals surface area (Å²) in [6, 6.07) is 6.53. The molecule has 7 nitrogen and oxygen atoms in total. The van der Waals surface area contributed by atoms with E-state index in [1.165, 1.54) is 0 Å². The lowest BCUT2D eigenvalue weighted by molar-refractivity contribution is 0.330. The summed E-state index contributed by atoms with van der Waals surface area (Å²) in [5.41, 5.74) is 3.19. The number of aryl methyl sites for hydroxylation is 1. The van der Waals surface area contributed by atoms with Crippen molar-refractivity contribution in [1.82, 2.24) is 19.1 Å². The first-order valence-corrected chi connectivity index (χ1v) is 11.2. The summed E-state index contributed by atoms with van der Waals surface area (Å²) in [5, 5.41) is 10.1. The largest absolute Gasteiger partial charge is 0.382 e. The molecule has 148 valence electrons. The minimum atomic E-state index is -3.11. The molecule has 2 aromatic heterocycles. The van der Waals surface area contributed by atoms with Crippen LogP contribution >= 0.6 is 0 Å². The number of fused-ring (bicyclic) bond motifs is 1. The molecular weight excluding hydrogens is 374 g/mol. The zero-order valence-electron chi connectivity index (χ0n) is 16.2. The molecule has 1 aliphatic heterocycles. The van der Waals surface area contributed by atoms with Crippen LogP contribution in [0.3, 0.4) is 0 Å². The quantitative estimate of drug-likeness (QED) is 0.714. The second-order valence-electron chi connectivity index (χ2n) is 7.24. The van der Waals surface area contributed by atoms with Crippen molar-refractivity contribution in [3.63, 3.8) is 0 Å². The minimum Gasteiger partial charge on any atom is -0.382 e. The Balaban J connectivity index is 1.60. The van der Waals surface area contributed by atoms with Gasteiger partial charge in [0.15, 0.2) is 0 Å². The van der Waals surface area contributed by atoms with Gasteiger partial charge < -0.3 is 5.32 Å². The molecule has 0 radical (unpaired) electrons. The maximum Gasteiger partial charge on any atom is 0.213 e. The third kappa shape index (κ3) is 3.74. The summed E-state index contributed by atoms with van der Waals surface area (Å²) in [6.07, 6.45) is 9.12. The van der Waals surface area contributed by atoms with E-state index >= 15 is 0 Å². The Hall–Kier alpha value is -2.45. The van der Waals surface area contributed by atoms with Crippen LogP contribution in [0.15, 0.2) is 43.0 Å². The number of hydrogen-bond donors (Lipinski definition) is 1. The third-order valence-corrected chi connectivity index (χ3v) is 7.25. The van der Waals surface area contributed by atoms with E-state index in [1.807, 2.05) is 31.7 Å². The predicted octanol–water partition coefficient (Wildman–Crippen LogP) is 2.86. The number of sulfonamides is 1. The summed E-state index contributed by atoms with van der Waals surface area (Å²) in [4.78, 5) is 4.28. The van der Waals surface area contributed by atoms with E-state index in [0.717, 1.165) is 40.4 Å². The molecule has 0 unspecified atom stereocenters. The number of piperidine rings is 1. The summed E-state index contributed by atoms with van der Waals surface area (Å²) < 4.78 is 27.6. The first-order chi connectivity index (χ1) is 13.5. The SMILES string of the molecule is CCS(=O)(=O)N1CCC(Nc2cc(-c3cnn(C)c3)cc3ccncc23)CC1. The van der Waals surface area contributed by atoms with Gasteiger partial charge in [-0.25, -0.2) is 12.7 Å². The van der Waals surface area contributed by atoms with Gasteiger partial charge in [-0.1, -0.05) is 0 Å². The van der Waals surface area contributed by atoms with Crippen LogP contribution in [0, 0.1) is 0 Å². The van der Waals surface area contributed by atoms with Crippen LogP contribution in [0.1, 0.15) is 19.8 Å². The number of nitrogens with one attached hydrogen (secondary N) is 1. The van der Waals surface area contributed by atoms with Gasteiger partial charge >= 0.3 is 0 Å². The Morgan fingerprint density at radius 3 is 2.64 bits per heavy atom. The van der Waals surface area contributed by atoms with Crippen molar-refractivity contribution < 1.29 is 8.42 Å². The molecule has 1 saturated heterocycles. The molecule has 3 heterocycles. The van der Waals surface area contributed by atoms with E-state index < -0.39 is 10.0 Å². The van der Waals surface area contributed by atoms with Crippen molar-refractivity contribution in [3.8, 4) is 11.1 Å². The van der Waals surface area contributed by atoms with Gasteiger partial charge in [0.2, 0.25) is 10.0 Å². The number of aromatic nitrogens is 3. The first-order valence-electron chi connectivity index (χ1n) is 9.57. The lowest BCUT2D eigenvalue weighted by atomic mass is 10.0. The summed E-state index contributed by atoms with van der Waals surface area (Å²) >= 11 is 0. The van der Waals surface area contributed by atoms with E-state index in [-0.39, 0.29) is 11.8 Å². The Morgan fingerprint density at radius 1 is 1.18 bits per heavy atom. The van der Waals surface area contributed by atoms with Gasteiger partial charge in [0.1, 0.15) is 0 Å². The molecule has 0 spiro atoms. The van der Waals surface area contributed by atoms with Crippen LogP contribution in [0.4, 0.5) is 5.69 Å². The number of hydrogen-bond acceptors (Lipinski definition) is 5. The minimum absolute atomic E-state index is 0.161. The van der Waals surface area contributed by atoms with Gasteiger partial charge in [0.05, 0.1) is 11.9 Å². The Bertz CT molecular complexity index is 1080. The second kappa shape index (κ2) is 7.52. The van der Waals surface area contributed by atoms with Crippen LogP contribution < -0.4 is 5.32 Å². The number of pyridine rings is 1. The molecule has 3 aromatic rings. The van der Waals surface area contributed by atoms with Crippen LogP contribution in [-0.4, -0.2) is 52.4 Å². The number of benzene rings is 1. The van der Waals surface area contributed by atoms with Crippen molar-refractivity contribution in [2.24, 2.45) is 7.05 Å². The molecule has 0 amide bonds. The highest BCUT2D eigenvalue weighted by molar-refractivity contribution is 7.89. The van der Waals surface area contributed by atoms with E-state index in [9.17, 15) is 8.42 Å². The molecule has 1 aliphatic rings. The third-order valence-electron chi connectivity index (χ3n) is 5.37. The molecule has 28 heavy (non-hydrogen) atoms. The highest BCUT2D eigenvalue weighted by atomic mass is 32.2. The predicted molar refractivity (Wildman–Crippen MR) is 112 cm³/mol. The molecular formula is C20H25N5O2S. The Labute approximate surface area is 165 Å². The van der Waals surface area contributed by atoms with Crippen molar-refractivity contribution >= 4 is 26.5 Å². The van der Waals surface area contributed by atoms with Gasteiger partial charge in [0, 0.05) is 61.4 Å². The van der Waals surface area contributed by atoms with Gasteiger partial charge in [-0.05, 0) is 48.9 Å². The summed E-state index contributed by atoms with van der Waals surface area (Å²) in [6.45, 7) is 2.82. The van der Waals surface area contributed by atoms with Crippen molar-refractivity contribution in [3.05, 3.63) is 43.0 Å². The van der Waals surface area contributed by atoms with Crippen molar-refractivity contribution in [2.45, 2.75) is 25.8 Å². The van der Waals surface area contributed by atoms with Crippen LogP contribution in [-0.2, 0) is 17.1 Å². The topological polar surface area (TPSA) is 80.1 Å². The van der Waals surface area contributed by atoms with Gasteiger partial charge in [-0.2, -0.15) is 5.10 Å². The highest BCUT2D eigenvalue weighted by Crippen LogP contribution is 2.32. The Kier molecular flexibility index (Phi) is 5.07. The first kappa shape index (κ1) is 18.9. The van der Waals surface area contributed by atoms with E-state index in [1.54, 1.807) is 22.1 Å².